The monoisotopic (exact) mass is 325 g/mol. The summed E-state index contributed by atoms with van der Waals surface area (Å²) in [5.41, 5.74) is -1.03. The van der Waals surface area contributed by atoms with Gasteiger partial charge in [-0.25, -0.2) is 9.65 Å². The molecule has 0 saturated heterocycles. The van der Waals surface area contributed by atoms with Gasteiger partial charge in [0.15, 0.2) is 0 Å². The van der Waals surface area contributed by atoms with Crippen LogP contribution in [0.25, 0.3) is 10.8 Å². The number of fused-ring (bicyclic) bond motifs is 1. The zero-order chi connectivity index (χ0) is 15.7. The van der Waals surface area contributed by atoms with Gasteiger partial charge in [0.2, 0.25) is 0 Å². The SMILES string of the molecule is CC(=O)C(C)(C)NP(=O)(Cl)Oc1cccc2ccccc12. The summed E-state index contributed by atoms with van der Waals surface area (Å²) >= 11 is 5.97. The summed E-state index contributed by atoms with van der Waals surface area (Å²) in [6, 6.07) is 13.0. The van der Waals surface area contributed by atoms with Gasteiger partial charge in [0.25, 0.3) is 0 Å². The molecule has 21 heavy (non-hydrogen) atoms. The lowest BCUT2D eigenvalue weighted by Crippen LogP contribution is -2.43. The Morgan fingerprint density at radius 2 is 1.81 bits per heavy atom. The van der Waals surface area contributed by atoms with Crippen molar-refractivity contribution in [3.05, 3.63) is 42.5 Å². The van der Waals surface area contributed by atoms with Gasteiger partial charge in [0, 0.05) is 16.6 Å². The van der Waals surface area contributed by atoms with Crippen LogP contribution in [-0.4, -0.2) is 11.3 Å². The topological polar surface area (TPSA) is 55.4 Å². The minimum atomic E-state index is -3.69. The van der Waals surface area contributed by atoms with Crippen molar-refractivity contribution in [2.24, 2.45) is 0 Å². The van der Waals surface area contributed by atoms with Gasteiger partial charge < -0.3 is 4.52 Å². The van der Waals surface area contributed by atoms with Crippen LogP contribution in [-0.2, 0) is 9.36 Å². The van der Waals surface area contributed by atoms with Crippen molar-refractivity contribution in [1.82, 2.24) is 5.09 Å². The van der Waals surface area contributed by atoms with Crippen molar-refractivity contribution in [2.45, 2.75) is 26.3 Å². The van der Waals surface area contributed by atoms with Crippen LogP contribution in [0.3, 0.4) is 0 Å². The first-order valence-corrected chi connectivity index (χ1v) is 9.02. The molecule has 0 radical (unpaired) electrons. The second-order valence-electron chi connectivity index (χ2n) is 5.34. The van der Waals surface area contributed by atoms with Gasteiger partial charge in [-0.1, -0.05) is 36.4 Å². The minimum absolute atomic E-state index is 0.176. The lowest BCUT2D eigenvalue weighted by molar-refractivity contribution is -0.121. The molecular formula is C15H17ClNO3P. The van der Waals surface area contributed by atoms with Gasteiger partial charge in [-0.15, -0.1) is 0 Å². The van der Waals surface area contributed by atoms with Gasteiger partial charge in [0.05, 0.1) is 5.54 Å². The number of carbonyl (C=O) groups excluding carboxylic acids is 1. The maximum Gasteiger partial charge on any atom is 0.410 e. The van der Waals surface area contributed by atoms with E-state index in [0.717, 1.165) is 10.8 Å². The summed E-state index contributed by atoms with van der Waals surface area (Å²) in [5, 5.41) is 4.36. The van der Waals surface area contributed by atoms with E-state index in [2.05, 4.69) is 5.09 Å². The van der Waals surface area contributed by atoms with Gasteiger partial charge in [-0.05, 0) is 32.2 Å². The number of ketones is 1. The highest BCUT2D eigenvalue weighted by atomic mass is 35.7. The molecule has 0 fully saturated rings. The number of hydrogen-bond donors (Lipinski definition) is 1. The van der Waals surface area contributed by atoms with E-state index in [9.17, 15) is 9.36 Å². The first kappa shape index (κ1) is 16.0. The Bertz CT molecular complexity index is 724. The van der Waals surface area contributed by atoms with E-state index in [-0.39, 0.29) is 5.78 Å². The molecule has 0 aliphatic heterocycles. The number of carbonyl (C=O) groups is 1. The number of Topliss-reactive ketones (excluding diaryl/α,β-unsaturated/α-hetero) is 1. The maximum absolute atomic E-state index is 12.4. The molecule has 0 heterocycles. The molecular weight excluding hydrogens is 309 g/mol. The van der Waals surface area contributed by atoms with Crippen LogP contribution in [0.15, 0.2) is 42.5 Å². The number of rotatable bonds is 5. The summed E-state index contributed by atoms with van der Waals surface area (Å²) < 4.78 is 17.9. The molecule has 0 aliphatic rings. The van der Waals surface area contributed by atoms with Gasteiger partial charge in [-0.3, -0.25) is 4.79 Å². The standard InChI is InChI=1S/C15H17ClNO3P/c1-11(18)15(2,3)17-21(16,19)20-14-10-6-8-12-7-4-5-9-13(12)14/h4-10H,1-3H3,(H,17,19). The zero-order valence-electron chi connectivity index (χ0n) is 12.1. The van der Waals surface area contributed by atoms with E-state index in [0.29, 0.717) is 5.75 Å². The van der Waals surface area contributed by atoms with Crippen molar-refractivity contribution in [1.29, 1.82) is 0 Å². The Kier molecular flexibility index (Phi) is 4.43. The first-order valence-electron chi connectivity index (χ1n) is 6.49. The van der Waals surface area contributed by atoms with Gasteiger partial charge in [0.1, 0.15) is 11.5 Å². The molecule has 2 rings (SSSR count). The summed E-state index contributed by atoms with van der Waals surface area (Å²) in [7, 11) is 0. The smallest absolute Gasteiger partial charge is 0.410 e. The van der Waals surface area contributed by atoms with Crippen LogP contribution in [0.2, 0.25) is 0 Å². The average molecular weight is 326 g/mol. The Balaban J connectivity index is 2.31. The lowest BCUT2D eigenvalue weighted by Gasteiger charge is -2.26. The van der Waals surface area contributed by atoms with Crippen LogP contribution < -0.4 is 9.61 Å². The number of benzene rings is 2. The molecule has 1 atom stereocenters. The Morgan fingerprint density at radius 1 is 1.19 bits per heavy atom. The van der Waals surface area contributed by atoms with E-state index < -0.39 is 12.4 Å². The van der Waals surface area contributed by atoms with Crippen molar-refractivity contribution < 1.29 is 13.9 Å². The predicted molar refractivity (Wildman–Crippen MR) is 85.9 cm³/mol. The van der Waals surface area contributed by atoms with E-state index >= 15 is 0 Å². The fourth-order valence-corrected chi connectivity index (χ4v) is 3.98. The summed E-state index contributed by atoms with van der Waals surface area (Å²) in [6.45, 7) is 0.928. The quantitative estimate of drug-likeness (QED) is 0.821. The highest BCUT2D eigenvalue weighted by Gasteiger charge is 2.34. The average Bonchev–Trinajstić information content (AvgIpc) is 2.37. The first-order chi connectivity index (χ1) is 9.71. The van der Waals surface area contributed by atoms with Crippen molar-refractivity contribution in [2.75, 3.05) is 0 Å². The molecule has 0 spiro atoms. The van der Waals surface area contributed by atoms with Gasteiger partial charge >= 0.3 is 6.87 Å². The molecule has 6 heteroatoms. The van der Waals surface area contributed by atoms with Crippen molar-refractivity contribution in [3.63, 3.8) is 0 Å². The van der Waals surface area contributed by atoms with E-state index in [4.69, 9.17) is 15.8 Å². The molecule has 112 valence electrons. The summed E-state index contributed by atoms with van der Waals surface area (Å²) in [4.78, 5) is 11.5. The molecule has 0 amide bonds. The maximum atomic E-state index is 12.4. The Morgan fingerprint density at radius 3 is 2.48 bits per heavy atom. The Labute approximate surface area is 128 Å². The molecule has 2 aromatic rings. The van der Waals surface area contributed by atoms with Crippen LogP contribution in [0.4, 0.5) is 0 Å². The summed E-state index contributed by atoms with van der Waals surface area (Å²) in [5.74, 6) is 0.239. The molecule has 1 N–H and O–H groups in total. The molecule has 1 unspecified atom stereocenters. The molecule has 0 aromatic heterocycles. The minimum Gasteiger partial charge on any atom is -0.422 e. The third kappa shape index (κ3) is 3.85. The van der Waals surface area contributed by atoms with Gasteiger partial charge in [-0.2, -0.15) is 0 Å². The number of hydrogen-bond acceptors (Lipinski definition) is 3. The van der Waals surface area contributed by atoms with E-state index in [1.165, 1.54) is 6.92 Å². The van der Waals surface area contributed by atoms with Crippen molar-refractivity contribution in [3.8, 4) is 5.75 Å². The Hall–Kier alpha value is -1.35. The zero-order valence-corrected chi connectivity index (χ0v) is 13.7. The normalized spacial score (nSPS) is 14.7. The van der Waals surface area contributed by atoms with Crippen molar-refractivity contribution >= 4 is 34.7 Å². The van der Waals surface area contributed by atoms with Crippen LogP contribution in [0, 0.1) is 0 Å². The third-order valence-electron chi connectivity index (χ3n) is 3.26. The number of nitrogens with one attached hydrogen (secondary N) is 1. The fraction of sp³-hybridized carbons (Fsp3) is 0.267. The highest BCUT2D eigenvalue weighted by Crippen LogP contribution is 2.51. The fourth-order valence-electron chi connectivity index (χ4n) is 1.84. The lowest BCUT2D eigenvalue weighted by atomic mass is 10.0. The molecule has 0 saturated carbocycles. The van der Waals surface area contributed by atoms with Crippen LogP contribution in [0.1, 0.15) is 20.8 Å². The highest BCUT2D eigenvalue weighted by molar-refractivity contribution is 7.84. The molecule has 2 aromatic carbocycles. The second-order valence-corrected chi connectivity index (χ2v) is 8.04. The van der Waals surface area contributed by atoms with Crippen LogP contribution >= 0.6 is 18.1 Å². The summed E-state index contributed by atoms with van der Waals surface area (Å²) in [6.07, 6.45) is 0. The predicted octanol–water partition coefficient (Wildman–Crippen LogP) is 4.52. The number of halogens is 1. The van der Waals surface area contributed by atoms with Crippen LogP contribution in [0.5, 0.6) is 5.75 Å². The second kappa shape index (κ2) is 5.80. The largest absolute Gasteiger partial charge is 0.422 e. The molecule has 4 nitrogen and oxygen atoms in total. The van der Waals surface area contributed by atoms with E-state index in [1.807, 2.05) is 30.3 Å². The van der Waals surface area contributed by atoms with E-state index in [1.54, 1.807) is 26.0 Å². The molecule has 0 bridgehead atoms. The molecule has 0 aliphatic carbocycles. The third-order valence-corrected chi connectivity index (χ3v) is 4.98.